The van der Waals surface area contributed by atoms with E-state index < -0.39 is 10.0 Å². The Hall–Kier alpha value is -3.04. The number of hydrogen-bond donors (Lipinski definition) is 1. The number of nitrogens with one attached hydrogen (secondary N) is 1. The number of rotatable bonds is 6. The van der Waals surface area contributed by atoms with Gasteiger partial charge in [0.1, 0.15) is 16.4 Å². The molecule has 0 radical (unpaired) electrons. The van der Waals surface area contributed by atoms with Crippen LogP contribution in [0.25, 0.3) is 0 Å². The first-order valence-corrected chi connectivity index (χ1v) is 12.0. The number of ether oxygens (including phenoxy) is 2. The van der Waals surface area contributed by atoms with Crippen molar-refractivity contribution in [3.8, 4) is 11.5 Å². The van der Waals surface area contributed by atoms with Crippen molar-refractivity contribution in [1.29, 1.82) is 0 Å². The van der Waals surface area contributed by atoms with Crippen molar-refractivity contribution in [2.24, 2.45) is 0 Å². The van der Waals surface area contributed by atoms with Gasteiger partial charge in [-0.15, -0.1) is 11.3 Å². The molecule has 0 aliphatic carbocycles. The highest BCUT2D eigenvalue weighted by molar-refractivity contribution is 7.92. The zero-order chi connectivity index (χ0) is 22.0. The first-order chi connectivity index (χ1) is 14.9. The van der Waals surface area contributed by atoms with Crippen LogP contribution in [-0.2, 0) is 16.4 Å². The Balaban J connectivity index is 1.62. The smallest absolute Gasteiger partial charge is 0.268 e. The summed E-state index contributed by atoms with van der Waals surface area (Å²) in [5.41, 5.74) is 2.18. The van der Waals surface area contributed by atoms with Gasteiger partial charge in [0.25, 0.3) is 15.9 Å². The van der Waals surface area contributed by atoms with Crippen molar-refractivity contribution in [3.63, 3.8) is 0 Å². The molecule has 2 heterocycles. The summed E-state index contributed by atoms with van der Waals surface area (Å²) in [5.74, 6) is 0.657. The number of thiophene rings is 1. The van der Waals surface area contributed by atoms with Crippen LogP contribution in [0.2, 0.25) is 0 Å². The third kappa shape index (κ3) is 4.24. The van der Waals surface area contributed by atoms with Gasteiger partial charge >= 0.3 is 0 Å². The van der Waals surface area contributed by atoms with Crippen LogP contribution in [0.4, 0.5) is 11.4 Å². The number of fused-ring (bicyclic) bond motifs is 1. The van der Waals surface area contributed by atoms with Gasteiger partial charge in [-0.05, 0) is 60.2 Å². The van der Waals surface area contributed by atoms with Crippen LogP contribution in [0.5, 0.6) is 11.5 Å². The van der Waals surface area contributed by atoms with Gasteiger partial charge in [0.05, 0.1) is 19.1 Å². The maximum atomic E-state index is 13.0. The van der Waals surface area contributed by atoms with E-state index in [1.165, 1.54) is 37.7 Å². The second kappa shape index (κ2) is 8.60. The van der Waals surface area contributed by atoms with E-state index in [-0.39, 0.29) is 16.6 Å². The maximum Gasteiger partial charge on any atom is 0.268 e. The predicted molar refractivity (Wildman–Crippen MR) is 121 cm³/mol. The third-order valence-electron chi connectivity index (χ3n) is 5.09. The van der Waals surface area contributed by atoms with Crippen LogP contribution in [0.3, 0.4) is 0 Å². The highest BCUT2D eigenvalue weighted by atomic mass is 32.2. The number of nitrogens with zero attached hydrogens (tertiary/aromatic N) is 1. The number of benzene rings is 2. The average molecular weight is 459 g/mol. The molecule has 1 aliphatic rings. The first kappa shape index (κ1) is 21.2. The molecule has 0 spiro atoms. The second-order valence-electron chi connectivity index (χ2n) is 7.00. The van der Waals surface area contributed by atoms with Gasteiger partial charge in [-0.3, -0.25) is 9.52 Å². The van der Waals surface area contributed by atoms with E-state index in [0.717, 1.165) is 24.1 Å². The minimum atomic E-state index is -3.88. The monoisotopic (exact) mass is 458 g/mol. The number of hydrogen-bond acceptors (Lipinski definition) is 6. The number of carbonyl (C=O) groups is 1. The molecular formula is C22H22N2O5S2. The second-order valence-corrected chi connectivity index (χ2v) is 9.60. The summed E-state index contributed by atoms with van der Waals surface area (Å²) in [7, 11) is -0.973. The number of amides is 1. The molecule has 1 N–H and O–H groups in total. The zero-order valence-corrected chi connectivity index (χ0v) is 18.8. The first-order valence-electron chi connectivity index (χ1n) is 9.66. The zero-order valence-electron chi connectivity index (χ0n) is 17.1. The molecule has 162 valence electrons. The van der Waals surface area contributed by atoms with E-state index >= 15 is 0 Å². The molecule has 0 atom stereocenters. The van der Waals surface area contributed by atoms with Gasteiger partial charge in [0, 0.05) is 24.0 Å². The lowest BCUT2D eigenvalue weighted by atomic mass is 10.0. The summed E-state index contributed by atoms with van der Waals surface area (Å²) in [4.78, 5) is 15.3. The number of methoxy groups -OCH3 is 2. The lowest BCUT2D eigenvalue weighted by molar-refractivity contribution is 0.0989. The summed E-state index contributed by atoms with van der Waals surface area (Å²) in [6, 6.07) is 13.5. The van der Waals surface area contributed by atoms with Crippen LogP contribution in [0, 0.1) is 0 Å². The molecule has 7 nitrogen and oxygen atoms in total. The highest BCUT2D eigenvalue weighted by Crippen LogP contribution is 2.34. The lowest BCUT2D eigenvalue weighted by Gasteiger charge is -2.29. The molecule has 0 saturated carbocycles. The average Bonchev–Trinajstić information content (AvgIpc) is 3.32. The van der Waals surface area contributed by atoms with E-state index in [9.17, 15) is 13.2 Å². The molecule has 9 heteroatoms. The largest absolute Gasteiger partial charge is 0.497 e. The fraction of sp³-hybridized carbons (Fsp3) is 0.227. The molecule has 4 rings (SSSR count). The molecule has 0 unspecified atom stereocenters. The Kier molecular flexibility index (Phi) is 5.88. The fourth-order valence-electron chi connectivity index (χ4n) is 3.61. The van der Waals surface area contributed by atoms with Gasteiger partial charge in [-0.1, -0.05) is 6.07 Å². The number of aryl methyl sites for hydroxylation is 1. The molecule has 1 aromatic heterocycles. The summed E-state index contributed by atoms with van der Waals surface area (Å²) in [6.45, 7) is 0.637. The quantitative estimate of drug-likeness (QED) is 0.600. The van der Waals surface area contributed by atoms with Crippen LogP contribution in [-0.4, -0.2) is 35.1 Å². The molecule has 3 aromatic rings. The summed E-state index contributed by atoms with van der Waals surface area (Å²) in [6.07, 6.45) is 1.58. The Morgan fingerprint density at radius 3 is 2.65 bits per heavy atom. The Labute approximate surface area is 185 Å². The van der Waals surface area contributed by atoms with Crippen molar-refractivity contribution in [3.05, 3.63) is 64.4 Å². The van der Waals surface area contributed by atoms with Crippen LogP contribution < -0.4 is 19.1 Å². The van der Waals surface area contributed by atoms with Crippen LogP contribution in [0.1, 0.15) is 21.7 Å². The lowest BCUT2D eigenvalue weighted by Crippen LogP contribution is -2.35. The minimum Gasteiger partial charge on any atom is -0.497 e. The van der Waals surface area contributed by atoms with Crippen molar-refractivity contribution in [1.82, 2.24) is 0 Å². The number of carbonyl (C=O) groups excluding carboxylic acids is 1. The van der Waals surface area contributed by atoms with Gasteiger partial charge < -0.3 is 14.4 Å². The predicted octanol–water partition coefficient (Wildman–Crippen LogP) is 4.16. The molecular weight excluding hydrogens is 436 g/mol. The molecule has 1 aliphatic heterocycles. The van der Waals surface area contributed by atoms with Crippen molar-refractivity contribution < 1.29 is 22.7 Å². The summed E-state index contributed by atoms with van der Waals surface area (Å²) in [5, 5.41) is 1.88. The normalized spacial score (nSPS) is 13.4. The fourth-order valence-corrected chi connectivity index (χ4v) is 5.49. The van der Waals surface area contributed by atoms with E-state index in [1.807, 2.05) is 17.5 Å². The Morgan fingerprint density at radius 2 is 1.94 bits per heavy atom. The standard InChI is InChI=1S/C22H22N2O5S2/c1-28-17-8-10-21(19(14-17)29-2)31(26,27)23-16-7-9-18-15(13-16)5-3-11-24(18)22(25)20-6-4-12-30-20/h4,6-10,12-14,23H,3,5,11H2,1-2H3. The summed E-state index contributed by atoms with van der Waals surface area (Å²) >= 11 is 1.41. The van der Waals surface area contributed by atoms with Crippen LogP contribution >= 0.6 is 11.3 Å². The van der Waals surface area contributed by atoms with Gasteiger partial charge in [-0.2, -0.15) is 0 Å². The van der Waals surface area contributed by atoms with Crippen LogP contribution in [0.15, 0.2) is 58.8 Å². The molecule has 31 heavy (non-hydrogen) atoms. The molecule has 0 fully saturated rings. The van der Waals surface area contributed by atoms with Crippen molar-refractivity contribution in [2.75, 3.05) is 30.4 Å². The topological polar surface area (TPSA) is 84.9 Å². The number of sulfonamides is 1. The maximum absolute atomic E-state index is 13.0. The summed E-state index contributed by atoms with van der Waals surface area (Å²) < 4.78 is 39.0. The van der Waals surface area contributed by atoms with E-state index in [2.05, 4.69) is 4.72 Å². The van der Waals surface area contributed by atoms with E-state index in [4.69, 9.17) is 9.47 Å². The number of anilines is 2. The SMILES string of the molecule is COc1ccc(S(=O)(=O)Nc2ccc3c(c2)CCCN3C(=O)c2cccs2)c(OC)c1. The Morgan fingerprint density at radius 1 is 1.10 bits per heavy atom. The molecule has 2 aromatic carbocycles. The van der Waals surface area contributed by atoms with E-state index in [0.29, 0.717) is 22.9 Å². The van der Waals surface area contributed by atoms with Crippen molar-refractivity contribution in [2.45, 2.75) is 17.7 Å². The molecule has 0 saturated heterocycles. The minimum absolute atomic E-state index is 0.0167. The molecule has 0 bridgehead atoms. The van der Waals surface area contributed by atoms with Gasteiger partial charge in [0.15, 0.2) is 0 Å². The van der Waals surface area contributed by atoms with Gasteiger partial charge in [0.2, 0.25) is 0 Å². The van der Waals surface area contributed by atoms with E-state index in [1.54, 1.807) is 29.2 Å². The Bertz CT molecular complexity index is 1210. The highest BCUT2D eigenvalue weighted by Gasteiger charge is 2.26. The van der Waals surface area contributed by atoms with Gasteiger partial charge in [-0.25, -0.2) is 8.42 Å². The third-order valence-corrected chi connectivity index (χ3v) is 7.37. The molecule has 1 amide bonds. The van der Waals surface area contributed by atoms with Crippen molar-refractivity contribution >= 4 is 38.6 Å².